The molecule has 0 fully saturated rings. The predicted molar refractivity (Wildman–Crippen MR) is 76.5 cm³/mol. The summed E-state index contributed by atoms with van der Waals surface area (Å²) in [5.74, 6) is -0.108. The number of carbonyl (C=O) groups excluding carboxylic acids is 1. The normalized spacial score (nSPS) is 11.9. The number of aliphatic hydroxyl groups excluding tert-OH is 1. The highest BCUT2D eigenvalue weighted by molar-refractivity contribution is 7.10. The molecule has 0 bridgehead atoms. The number of carbonyl (C=O) groups is 1. The molecule has 1 amide bonds. The molecule has 0 spiro atoms. The highest BCUT2D eigenvalue weighted by atomic mass is 32.1. The number of hydrogen-bond donors (Lipinski definition) is 2. The Labute approximate surface area is 113 Å². The number of thiophene rings is 1. The molecule has 18 heavy (non-hydrogen) atoms. The first-order valence-corrected chi connectivity index (χ1v) is 7.14. The van der Waals surface area contributed by atoms with E-state index >= 15 is 0 Å². The second-order valence-corrected chi connectivity index (χ2v) is 5.41. The van der Waals surface area contributed by atoms with Crippen LogP contribution in [0.15, 0.2) is 23.6 Å². The van der Waals surface area contributed by atoms with Gasteiger partial charge in [0.15, 0.2) is 0 Å². The zero-order valence-electron chi connectivity index (χ0n) is 11.0. The molecule has 1 rings (SSSR count). The molecule has 0 unspecified atom stereocenters. The van der Waals surface area contributed by atoms with Crippen LogP contribution in [0, 0.1) is 5.41 Å². The van der Waals surface area contributed by atoms with E-state index in [9.17, 15) is 9.90 Å². The summed E-state index contributed by atoms with van der Waals surface area (Å²) in [5, 5.41) is 14.2. The first kappa shape index (κ1) is 14.9. The summed E-state index contributed by atoms with van der Waals surface area (Å²) in [6, 6.07) is 3.91. The standard InChI is InChI=1S/C14H21NO2S/c1-3-14(4-2,11-16)10-15-13(17)8-7-12-6-5-9-18-12/h5-9,16H,3-4,10-11H2,1-2H3,(H,15,17)/b8-7+. The molecule has 1 aromatic heterocycles. The maximum atomic E-state index is 11.7. The number of rotatable bonds is 7. The van der Waals surface area contributed by atoms with Crippen molar-refractivity contribution in [1.82, 2.24) is 5.32 Å². The van der Waals surface area contributed by atoms with Crippen LogP contribution in [0.3, 0.4) is 0 Å². The average molecular weight is 267 g/mol. The summed E-state index contributed by atoms with van der Waals surface area (Å²) >= 11 is 1.60. The fourth-order valence-corrected chi connectivity index (χ4v) is 2.27. The molecule has 0 aliphatic carbocycles. The summed E-state index contributed by atoms with van der Waals surface area (Å²) in [4.78, 5) is 12.7. The van der Waals surface area contributed by atoms with E-state index in [-0.39, 0.29) is 17.9 Å². The largest absolute Gasteiger partial charge is 0.396 e. The quantitative estimate of drug-likeness (QED) is 0.746. The van der Waals surface area contributed by atoms with E-state index in [4.69, 9.17) is 0 Å². The third-order valence-corrected chi connectivity index (χ3v) is 4.25. The van der Waals surface area contributed by atoms with Crippen molar-refractivity contribution in [2.75, 3.05) is 13.2 Å². The third kappa shape index (κ3) is 4.27. The molecular formula is C14H21NO2S. The van der Waals surface area contributed by atoms with Crippen molar-refractivity contribution in [1.29, 1.82) is 0 Å². The molecule has 0 aromatic carbocycles. The lowest BCUT2D eigenvalue weighted by atomic mass is 9.83. The Morgan fingerprint density at radius 2 is 2.22 bits per heavy atom. The summed E-state index contributed by atoms with van der Waals surface area (Å²) in [6.45, 7) is 4.69. The maximum Gasteiger partial charge on any atom is 0.244 e. The van der Waals surface area contributed by atoms with E-state index in [1.807, 2.05) is 31.4 Å². The van der Waals surface area contributed by atoms with Crippen molar-refractivity contribution in [3.63, 3.8) is 0 Å². The Bertz CT molecular complexity index is 372. The maximum absolute atomic E-state index is 11.7. The van der Waals surface area contributed by atoms with E-state index in [1.165, 1.54) is 0 Å². The van der Waals surface area contributed by atoms with Crippen molar-refractivity contribution >= 4 is 23.3 Å². The fourth-order valence-electron chi connectivity index (χ4n) is 1.66. The zero-order chi connectivity index (χ0) is 13.4. The Morgan fingerprint density at radius 3 is 2.72 bits per heavy atom. The lowest BCUT2D eigenvalue weighted by Crippen LogP contribution is -2.38. The second-order valence-electron chi connectivity index (χ2n) is 4.43. The Hall–Kier alpha value is -1.13. The molecule has 0 saturated heterocycles. The van der Waals surface area contributed by atoms with Gasteiger partial charge >= 0.3 is 0 Å². The molecule has 3 nitrogen and oxygen atoms in total. The Balaban J connectivity index is 2.45. The zero-order valence-corrected chi connectivity index (χ0v) is 11.8. The molecule has 0 aliphatic rings. The number of amides is 1. The molecule has 4 heteroatoms. The van der Waals surface area contributed by atoms with Gasteiger partial charge < -0.3 is 10.4 Å². The van der Waals surface area contributed by atoms with Crippen LogP contribution in [-0.2, 0) is 4.79 Å². The number of hydrogen-bond acceptors (Lipinski definition) is 3. The minimum Gasteiger partial charge on any atom is -0.396 e. The summed E-state index contributed by atoms with van der Waals surface area (Å²) in [7, 11) is 0. The molecule has 0 radical (unpaired) electrons. The van der Waals surface area contributed by atoms with E-state index < -0.39 is 0 Å². The minimum atomic E-state index is -0.188. The number of nitrogens with one attached hydrogen (secondary N) is 1. The van der Waals surface area contributed by atoms with Gasteiger partial charge in [-0.05, 0) is 30.4 Å². The van der Waals surface area contributed by atoms with Crippen LogP contribution in [0.4, 0.5) is 0 Å². The van der Waals surface area contributed by atoms with Gasteiger partial charge in [-0.15, -0.1) is 11.3 Å². The Morgan fingerprint density at radius 1 is 1.50 bits per heavy atom. The van der Waals surface area contributed by atoms with Gasteiger partial charge in [0.1, 0.15) is 0 Å². The van der Waals surface area contributed by atoms with Crippen LogP contribution in [0.5, 0.6) is 0 Å². The van der Waals surface area contributed by atoms with E-state index in [0.29, 0.717) is 6.54 Å². The SMILES string of the molecule is CCC(CC)(CO)CNC(=O)/C=C/c1cccs1. The van der Waals surface area contributed by atoms with Gasteiger partial charge in [-0.25, -0.2) is 0 Å². The summed E-state index contributed by atoms with van der Waals surface area (Å²) in [6.07, 6.45) is 5.06. The first-order chi connectivity index (χ1) is 8.65. The van der Waals surface area contributed by atoms with Crippen LogP contribution in [0.25, 0.3) is 6.08 Å². The lowest BCUT2D eigenvalue weighted by molar-refractivity contribution is -0.117. The Kier molecular flexibility index (Phi) is 6.09. The monoisotopic (exact) mass is 267 g/mol. The van der Waals surface area contributed by atoms with Crippen molar-refractivity contribution in [3.05, 3.63) is 28.5 Å². The van der Waals surface area contributed by atoms with Gasteiger partial charge in [0, 0.05) is 22.9 Å². The molecule has 2 N–H and O–H groups in total. The molecule has 0 aliphatic heterocycles. The van der Waals surface area contributed by atoms with Gasteiger partial charge in [0.05, 0.1) is 6.61 Å². The smallest absolute Gasteiger partial charge is 0.244 e. The summed E-state index contributed by atoms with van der Waals surface area (Å²) < 4.78 is 0. The average Bonchev–Trinajstić information content (AvgIpc) is 2.92. The van der Waals surface area contributed by atoms with Crippen LogP contribution >= 0.6 is 11.3 Å². The first-order valence-electron chi connectivity index (χ1n) is 6.26. The highest BCUT2D eigenvalue weighted by Gasteiger charge is 2.25. The molecule has 100 valence electrons. The van der Waals surface area contributed by atoms with E-state index in [2.05, 4.69) is 5.32 Å². The van der Waals surface area contributed by atoms with Crippen molar-refractivity contribution < 1.29 is 9.90 Å². The van der Waals surface area contributed by atoms with Gasteiger partial charge in [-0.3, -0.25) is 4.79 Å². The van der Waals surface area contributed by atoms with Crippen LogP contribution in [-0.4, -0.2) is 24.2 Å². The van der Waals surface area contributed by atoms with Gasteiger partial charge in [-0.1, -0.05) is 19.9 Å². The molecular weight excluding hydrogens is 246 g/mol. The number of aliphatic hydroxyl groups is 1. The fraction of sp³-hybridized carbons (Fsp3) is 0.500. The second kappa shape index (κ2) is 7.34. The molecule has 1 heterocycles. The third-order valence-electron chi connectivity index (χ3n) is 3.42. The summed E-state index contributed by atoms with van der Waals surface area (Å²) in [5.41, 5.74) is -0.188. The van der Waals surface area contributed by atoms with Crippen LogP contribution < -0.4 is 5.32 Å². The van der Waals surface area contributed by atoms with Crippen molar-refractivity contribution in [2.24, 2.45) is 5.41 Å². The van der Waals surface area contributed by atoms with Crippen molar-refractivity contribution in [3.8, 4) is 0 Å². The van der Waals surface area contributed by atoms with Gasteiger partial charge in [0.25, 0.3) is 0 Å². The molecule has 0 atom stereocenters. The highest BCUT2D eigenvalue weighted by Crippen LogP contribution is 2.24. The van der Waals surface area contributed by atoms with Gasteiger partial charge in [0.2, 0.25) is 5.91 Å². The van der Waals surface area contributed by atoms with E-state index in [1.54, 1.807) is 23.5 Å². The van der Waals surface area contributed by atoms with Gasteiger partial charge in [-0.2, -0.15) is 0 Å². The van der Waals surface area contributed by atoms with Crippen LogP contribution in [0.1, 0.15) is 31.6 Å². The van der Waals surface area contributed by atoms with Crippen molar-refractivity contribution in [2.45, 2.75) is 26.7 Å². The predicted octanol–water partition coefficient (Wildman–Crippen LogP) is 2.68. The van der Waals surface area contributed by atoms with Crippen LogP contribution in [0.2, 0.25) is 0 Å². The molecule has 0 saturated carbocycles. The minimum absolute atomic E-state index is 0.106. The lowest BCUT2D eigenvalue weighted by Gasteiger charge is -2.29. The van der Waals surface area contributed by atoms with E-state index in [0.717, 1.165) is 17.7 Å². The topological polar surface area (TPSA) is 49.3 Å². The molecule has 1 aromatic rings.